The largest absolute Gasteiger partial charge is 0.504 e. The molecule has 0 N–H and O–H groups in total. The topological polar surface area (TPSA) is 22.1 Å². The molecule has 1 heterocycles. The molecule has 1 aromatic carbocycles. The molecule has 2 nitrogen and oxygen atoms in total. The highest BCUT2D eigenvalue weighted by molar-refractivity contribution is 5.61. The molecular weight excluding hydrogens is 198 g/mol. The minimum Gasteiger partial charge on any atom is -0.504 e. The number of benzene rings is 1. The first-order valence-electron chi connectivity index (χ1n) is 5.11. The number of ether oxygens (including phenoxy) is 1. The molecular formula is C14H13NO. The van der Waals surface area contributed by atoms with Gasteiger partial charge in [0.05, 0.1) is 19.1 Å². The maximum absolute atomic E-state index is 4.87. The van der Waals surface area contributed by atoms with Crippen molar-refractivity contribution in [3.8, 4) is 11.3 Å². The Hall–Kier alpha value is -2.09. The summed E-state index contributed by atoms with van der Waals surface area (Å²) in [4.78, 5) is 4.30. The quantitative estimate of drug-likeness (QED) is 0.726. The standard InChI is InChI=1S/C14H13NO/c1-16-11-9-12-5-7-13(8-6-12)14-4-2-3-10-15-14/h2-11H,1H3. The Labute approximate surface area is 95.2 Å². The minimum atomic E-state index is 0.991. The van der Waals surface area contributed by atoms with Gasteiger partial charge in [-0.15, -0.1) is 0 Å². The van der Waals surface area contributed by atoms with E-state index in [-0.39, 0.29) is 0 Å². The molecule has 0 atom stereocenters. The molecule has 0 bridgehead atoms. The van der Waals surface area contributed by atoms with Crippen LogP contribution in [-0.2, 0) is 4.74 Å². The molecule has 2 rings (SSSR count). The predicted octanol–water partition coefficient (Wildman–Crippen LogP) is 3.37. The van der Waals surface area contributed by atoms with Crippen LogP contribution in [0.4, 0.5) is 0 Å². The van der Waals surface area contributed by atoms with Gasteiger partial charge in [-0.05, 0) is 23.8 Å². The number of hydrogen-bond donors (Lipinski definition) is 0. The van der Waals surface area contributed by atoms with Crippen LogP contribution in [0.3, 0.4) is 0 Å². The van der Waals surface area contributed by atoms with E-state index in [4.69, 9.17) is 4.74 Å². The lowest BCUT2D eigenvalue weighted by atomic mass is 10.1. The van der Waals surface area contributed by atoms with E-state index in [1.807, 2.05) is 36.4 Å². The number of methoxy groups -OCH3 is 1. The summed E-state index contributed by atoms with van der Waals surface area (Å²) >= 11 is 0. The molecule has 0 radical (unpaired) electrons. The lowest BCUT2D eigenvalue weighted by molar-refractivity contribution is 0.341. The van der Waals surface area contributed by atoms with Gasteiger partial charge in [-0.1, -0.05) is 30.3 Å². The molecule has 16 heavy (non-hydrogen) atoms. The van der Waals surface area contributed by atoms with Crippen LogP contribution in [0.15, 0.2) is 54.9 Å². The van der Waals surface area contributed by atoms with Crippen LogP contribution < -0.4 is 0 Å². The predicted molar refractivity (Wildman–Crippen MR) is 65.7 cm³/mol. The number of hydrogen-bond acceptors (Lipinski definition) is 2. The summed E-state index contributed by atoms with van der Waals surface area (Å²) in [6.07, 6.45) is 5.38. The molecule has 0 amide bonds. The summed E-state index contributed by atoms with van der Waals surface area (Å²) in [6.45, 7) is 0. The van der Waals surface area contributed by atoms with Gasteiger partial charge in [0, 0.05) is 11.8 Å². The maximum Gasteiger partial charge on any atom is 0.0830 e. The maximum atomic E-state index is 4.87. The Morgan fingerprint density at radius 3 is 2.50 bits per heavy atom. The first-order chi connectivity index (χ1) is 7.90. The fourth-order valence-corrected chi connectivity index (χ4v) is 1.45. The van der Waals surface area contributed by atoms with Crippen molar-refractivity contribution in [2.75, 3.05) is 7.11 Å². The van der Waals surface area contributed by atoms with Crippen molar-refractivity contribution < 1.29 is 4.74 Å². The first-order valence-corrected chi connectivity index (χ1v) is 5.11. The van der Waals surface area contributed by atoms with Gasteiger partial charge in [0.15, 0.2) is 0 Å². The fraction of sp³-hybridized carbons (Fsp3) is 0.0714. The van der Waals surface area contributed by atoms with E-state index in [1.165, 1.54) is 0 Å². The third-order valence-corrected chi connectivity index (χ3v) is 2.27. The lowest BCUT2D eigenvalue weighted by Gasteiger charge is -2.00. The van der Waals surface area contributed by atoms with Gasteiger partial charge in [0.2, 0.25) is 0 Å². The van der Waals surface area contributed by atoms with Crippen molar-refractivity contribution in [3.05, 3.63) is 60.5 Å². The smallest absolute Gasteiger partial charge is 0.0830 e. The minimum absolute atomic E-state index is 0.991. The highest BCUT2D eigenvalue weighted by Gasteiger charge is 1.96. The van der Waals surface area contributed by atoms with Crippen molar-refractivity contribution in [1.82, 2.24) is 4.98 Å². The Kier molecular flexibility index (Phi) is 3.34. The Morgan fingerprint density at radius 2 is 1.88 bits per heavy atom. The van der Waals surface area contributed by atoms with Gasteiger partial charge < -0.3 is 4.74 Å². The van der Waals surface area contributed by atoms with Crippen molar-refractivity contribution >= 4 is 6.08 Å². The molecule has 1 aromatic heterocycles. The molecule has 0 fully saturated rings. The van der Waals surface area contributed by atoms with E-state index >= 15 is 0 Å². The molecule has 0 unspecified atom stereocenters. The van der Waals surface area contributed by atoms with Crippen LogP contribution in [0.2, 0.25) is 0 Å². The van der Waals surface area contributed by atoms with Crippen molar-refractivity contribution in [2.45, 2.75) is 0 Å². The van der Waals surface area contributed by atoms with Crippen molar-refractivity contribution in [1.29, 1.82) is 0 Å². The zero-order valence-electron chi connectivity index (χ0n) is 9.13. The molecule has 0 aliphatic rings. The SMILES string of the molecule is COC=Cc1ccc(-c2ccccn2)cc1. The summed E-state index contributed by atoms with van der Waals surface area (Å²) in [5, 5.41) is 0. The molecule has 0 saturated carbocycles. The van der Waals surface area contributed by atoms with E-state index < -0.39 is 0 Å². The Bertz CT molecular complexity index is 460. The summed E-state index contributed by atoms with van der Waals surface area (Å²) in [5.41, 5.74) is 3.22. The zero-order chi connectivity index (χ0) is 11.2. The summed E-state index contributed by atoms with van der Waals surface area (Å²) in [6, 6.07) is 14.1. The second-order valence-corrected chi connectivity index (χ2v) is 3.38. The van der Waals surface area contributed by atoms with Crippen molar-refractivity contribution in [2.24, 2.45) is 0 Å². The Balaban J connectivity index is 2.23. The van der Waals surface area contributed by atoms with Gasteiger partial charge in [-0.3, -0.25) is 4.98 Å². The molecule has 80 valence electrons. The highest BCUT2D eigenvalue weighted by Crippen LogP contribution is 2.17. The van der Waals surface area contributed by atoms with Gasteiger partial charge in [-0.25, -0.2) is 0 Å². The van der Waals surface area contributed by atoms with Crippen molar-refractivity contribution in [3.63, 3.8) is 0 Å². The number of pyridine rings is 1. The van der Waals surface area contributed by atoms with Gasteiger partial charge in [0.1, 0.15) is 0 Å². The lowest BCUT2D eigenvalue weighted by Crippen LogP contribution is -1.81. The molecule has 0 spiro atoms. The van der Waals surface area contributed by atoms with Gasteiger partial charge in [-0.2, -0.15) is 0 Å². The van der Waals surface area contributed by atoms with Crippen LogP contribution in [0.5, 0.6) is 0 Å². The molecule has 0 aliphatic heterocycles. The Morgan fingerprint density at radius 1 is 1.06 bits per heavy atom. The van der Waals surface area contributed by atoms with Crippen LogP contribution >= 0.6 is 0 Å². The third-order valence-electron chi connectivity index (χ3n) is 2.27. The summed E-state index contributed by atoms with van der Waals surface area (Å²) < 4.78 is 4.87. The average Bonchev–Trinajstić information content (AvgIpc) is 2.38. The number of nitrogens with zero attached hydrogens (tertiary/aromatic N) is 1. The summed E-state index contributed by atoms with van der Waals surface area (Å²) in [5.74, 6) is 0. The van der Waals surface area contributed by atoms with Gasteiger partial charge in [0.25, 0.3) is 0 Å². The first kappa shape index (κ1) is 10.4. The van der Waals surface area contributed by atoms with E-state index in [9.17, 15) is 0 Å². The second kappa shape index (κ2) is 5.12. The average molecular weight is 211 g/mol. The summed E-state index contributed by atoms with van der Waals surface area (Å²) in [7, 11) is 1.64. The second-order valence-electron chi connectivity index (χ2n) is 3.38. The molecule has 0 saturated heterocycles. The van der Waals surface area contributed by atoms with E-state index in [1.54, 1.807) is 19.6 Å². The molecule has 2 aromatic rings. The van der Waals surface area contributed by atoms with Gasteiger partial charge >= 0.3 is 0 Å². The number of rotatable bonds is 3. The van der Waals surface area contributed by atoms with E-state index in [0.717, 1.165) is 16.8 Å². The fourth-order valence-electron chi connectivity index (χ4n) is 1.45. The van der Waals surface area contributed by atoms with Crippen LogP contribution in [0.25, 0.3) is 17.3 Å². The molecule has 0 aliphatic carbocycles. The van der Waals surface area contributed by atoms with Crippen LogP contribution in [0, 0.1) is 0 Å². The number of aromatic nitrogens is 1. The third kappa shape index (κ3) is 2.48. The van der Waals surface area contributed by atoms with Crippen LogP contribution in [-0.4, -0.2) is 12.1 Å². The normalized spacial score (nSPS) is 10.6. The molecule has 2 heteroatoms. The zero-order valence-corrected chi connectivity index (χ0v) is 9.13. The van der Waals surface area contributed by atoms with E-state index in [2.05, 4.69) is 17.1 Å². The monoisotopic (exact) mass is 211 g/mol. The van der Waals surface area contributed by atoms with E-state index in [0.29, 0.717) is 0 Å². The highest BCUT2D eigenvalue weighted by atomic mass is 16.5. The van der Waals surface area contributed by atoms with Crippen LogP contribution in [0.1, 0.15) is 5.56 Å².